The Kier molecular flexibility index (Phi) is 3.81. The summed E-state index contributed by atoms with van der Waals surface area (Å²) in [6.07, 6.45) is -0.118. The van der Waals surface area contributed by atoms with Gasteiger partial charge in [0.15, 0.2) is 9.84 Å². The fourth-order valence-electron chi connectivity index (χ4n) is 2.74. The van der Waals surface area contributed by atoms with E-state index in [1.54, 1.807) is 14.0 Å². The number of sulfone groups is 1. The summed E-state index contributed by atoms with van der Waals surface area (Å²) < 4.78 is 28.3. The maximum atomic E-state index is 12.3. The number of nitrogens with zero attached hydrogens (tertiary/aromatic N) is 1. The lowest BCUT2D eigenvalue weighted by atomic mass is 9.87. The molecule has 0 aromatic carbocycles. The molecule has 0 bridgehead atoms. The molecule has 0 spiro atoms. The van der Waals surface area contributed by atoms with Crippen molar-refractivity contribution in [3.05, 3.63) is 0 Å². The van der Waals surface area contributed by atoms with Crippen LogP contribution in [0, 0.1) is 5.41 Å². The fourth-order valence-corrected chi connectivity index (χ4v) is 4.59. The summed E-state index contributed by atoms with van der Waals surface area (Å²) in [5, 5.41) is 2.68. The van der Waals surface area contributed by atoms with Gasteiger partial charge in [0.1, 0.15) is 5.41 Å². The largest absolute Gasteiger partial charge is 0.378 e. The van der Waals surface area contributed by atoms with E-state index in [0.29, 0.717) is 13.0 Å². The first-order valence-corrected chi connectivity index (χ1v) is 8.31. The van der Waals surface area contributed by atoms with Gasteiger partial charge in [-0.15, -0.1) is 0 Å². The van der Waals surface area contributed by atoms with Crippen LogP contribution in [0.25, 0.3) is 0 Å². The van der Waals surface area contributed by atoms with Crippen molar-refractivity contribution in [1.82, 2.24) is 10.2 Å². The summed E-state index contributed by atoms with van der Waals surface area (Å²) in [4.78, 5) is 25.9. The van der Waals surface area contributed by atoms with Crippen LogP contribution in [0.2, 0.25) is 0 Å². The normalized spacial score (nSPS) is 36.4. The van der Waals surface area contributed by atoms with E-state index in [9.17, 15) is 18.0 Å². The highest BCUT2D eigenvalue weighted by Gasteiger charge is 2.49. The Morgan fingerprint density at radius 3 is 2.60 bits per heavy atom. The lowest BCUT2D eigenvalue weighted by Crippen LogP contribution is -2.51. The van der Waals surface area contributed by atoms with Gasteiger partial charge in [-0.1, -0.05) is 0 Å². The number of rotatable bonds is 3. The van der Waals surface area contributed by atoms with E-state index in [1.165, 1.54) is 12.0 Å². The van der Waals surface area contributed by atoms with Crippen molar-refractivity contribution in [1.29, 1.82) is 0 Å². The Morgan fingerprint density at radius 1 is 1.45 bits per heavy atom. The number of carbonyl (C=O) groups is 2. The van der Waals surface area contributed by atoms with E-state index in [1.807, 2.05) is 0 Å². The van der Waals surface area contributed by atoms with Gasteiger partial charge in [-0.3, -0.25) is 9.59 Å². The Morgan fingerprint density at radius 2 is 2.10 bits per heavy atom. The Labute approximate surface area is 118 Å². The summed E-state index contributed by atoms with van der Waals surface area (Å²) >= 11 is 0. The monoisotopic (exact) mass is 304 g/mol. The molecule has 2 heterocycles. The second kappa shape index (κ2) is 5.00. The third kappa shape index (κ3) is 2.54. The molecule has 114 valence electrons. The van der Waals surface area contributed by atoms with Crippen LogP contribution < -0.4 is 5.32 Å². The van der Waals surface area contributed by atoms with Crippen LogP contribution in [0.1, 0.15) is 13.3 Å². The number of likely N-dealkylation sites (tertiary alicyclic amines) is 1. The molecule has 0 radical (unpaired) electrons. The SMILES string of the molecule is COC1CS(=O)(=O)CC1NC(=O)C1(C)CCN(C)C1=O. The number of methoxy groups -OCH3 is 1. The van der Waals surface area contributed by atoms with Crippen LogP contribution in [0.3, 0.4) is 0 Å². The first kappa shape index (κ1) is 15.2. The third-order valence-corrected chi connectivity index (χ3v) is 5.89. The molecule has 2 amide bonds. The minimum Gasteiger partial charge on any atom is -0.378 e. The number of carbonyl (C=O) groups excluding carboxylic acids is 2. The highest BCUT2D eigenvalue weighted by atomic mass is 32.2. The molecule has 0 saturated carbocycles. The van der Waals surface area contributed by atoms with E-state index in [-0.39, 0.29) is 17.4 Å². The summed E-state index contributed by atoms with van der Waals surface area (Å²) in [6.45, 7) is 2.12. The second-order valence-electron chi connectivity index (χ2n) is 5.74. The van der Waals surface area contributed by atoms with Gasteiger partial charge >= 0.3 is 0 Å². The summed E-state index contributed by atoms with van der Waals surface area (Å²) in [5.41, 5.74) is -1.11. The number of hydrogen-bond donors (Lipinski definition) is 1. The molecule has 0 aromatic rings. The van der Waals surface area contributed by atoms with Gasteiger partial charge < -0.3 is 15.0 Å². The quantitative estimate of drug-likeness (QED) is 0.660. The lowest BCUT2D eigenvalue weighted by molar-refractivity contribution is -0.144. The zero-order valence-corrected chi connectivity index (χ0v) is 12.7. The average molecular weight is 304 g/mol. The molecule has 0 aliphatic carbocycles. The molecule has 8 heteroatoms. The van der Waals surface area contributed by atoms with E-state index < -0.39 is 33.3 Å². The third-order valence-electron chi connectivity index (χ3n) is 4.19. The molecule has 2 aliphatic rings. The molecule has 2 aliphatic heterocycles. The van der Waals surface area contributed by atoms with Crippen molar-refractivity contribution >= 4 is 21.7 Å². The van der Waals surface area contributed by atoms with Gasteiger partial charge in [-0.2, -0.15) is 0 Å². The first-order chi connectivity index (χ1) is 9.19. The molecule has 2 fully saturated rings. The molecule has 20 heavy (non-hydrogen) atoms. The first-order valence-electron chi connectivity index (χ1n) is 6.49. The molecular weight excluding hydrogens is 284 g/mol. The summed E-state index contributed by atoms with van der Waals surface area (Å²) in [7, 11) is -0.136. The van der Waals surface area contributed by atoms with Crippen molar-refractivity contribution in [3.8, 4) is 0 Å². The van der Waals surface area contributed by atoms with Gasteiger partial charge in [0.25, 0.3) is 0 Å². The molecule has 0 aromatic heterocycles. The van der Waals surface area contributed by atoms with Crippen molar-refractivity contribution in [2.75, 3.05) is 32.2 Å². The van der Waals surface area contributed by atoms with E-state index in [2.05, 4.69) is 5.32 Å². The molecule has 3 unspecified atom stereocenters. The van der Waals surface area contributed by atoms with Gasteiger partial charge in [0.05, 0.1) is 23.7 Å². The topological polar surface area (TPSA) is 92.8 Å². The number of ether oxygens (including phenoxy) is 1. The van der Waals surface area contributed by atoms with Crippen molar-refractivity contribution < 1.29 is 22.7 Å². The maximum absolute atomic E-state index is 12.3. The van der Waals surface area contributed by atoms with Crippen LogP contribution >= 0.6 is 0 Å². The lowest BCUT2D eigenvalue weighted by Gasteiger charge is -2.25. The summed E-state index contributed by atoms with van der Waals surface area (Å²) in [5.74, 6) is -0.892. The Balaban J connectivity index is 2.10. The predicted octanol–water partition coefficient (Wildman–Crippen LogP) is -1.22. The molecule has 3 atom stereocenters. The standard InChI is InChI=1S/C12H20N2O5S/c1-12(4-5-14(2)11(12)16)10(15)13-8-6-20(17,18)7-9(8)19-3/h8-9H,4-7H2,1-3H3,(H,13,15). The zero-order chi connectivity index (χ0) is 15.1. The minimum absolute atomic E-state index is 0.0982. The van der Waals surface area contributed by atoms with E-state index >= 15 is 0 Å². The Bertz CT molecular complexity index is 532. The molecule has 2 rings (SSSR count). The number of amides is 2. The van der Waals surface area contributed by atoms with Crippen LogP contribution in [-0.2, 0) is 24.2 Å². The summed E-state index contributed by atoms with van der Waals surface area (Å²) in [6, 6.07) is -0.590. The van der Waals surface area contributed by atoms with Crippen LogP contribution in [0.15, 0.2) is 0 Å². The average Bonchev–Trinajstić information content (AvgIpc) is 2.81. The second-order valence-corrected chi connectivity index (χ2v) is 7.89. The van der Waals surface area contributed by atoms with Crippen molar-refractivity contribution in [3.63, 3.8) is 0 Å². The van der Waals surface area contributed by atoms with Gasteiger partial charge in [-0.05, 0) is 13.3 Å². The highest BCUT2D eigenvalue weighted by Crippen LogP contribution is 2.31. The van der Waals surface area contributed by atoms with Crippen molar-refractivity contribution in [2.24, 2.45) is 5.41 Å². The predicted molar refractivity (Wildman–Crippen MR) is 71.7 cm³/mol. The molecule has 7 nitrogen and oxygen atoms in total. The zero-order valence-electron chi connectivity index (χ0n) is 11.9. The van der Waals surface area contributed by atoms with Crippen LogP contribution in [0.4, 0.5) is 0 Å². The molecule has 1 N–H and O–H groups in total. The minimum atomic E-state index is -3.21. The van der Waals surface area contributed by atoms with Crippen LogP contribution in [0.5, 0.6) is 0 Å². The van der Waals surface area contributed by atoms with Crippen LogP contribution in [-0.4, -0.2) is 69.5 Å². The van der Waals surface area contributed by atoms with E-state index in [4.69, 9.17) is 4.74 Å². The fraction of sp³-hybridized carbons (Fsp3) is 0.833. The van der Waals surface area contributed by atoms with E-state index in [0.717, 1.165) is 0 Å². The maximum Gasteiger partial charge on any atom is 0.237 e. The van der Waals surface area contributed by atoms with Gasteiger partial charge in [0, 0.05) is 20.7 Å². The smallest absolute Gasteiger partial charge is 0.237 e. The Hall–Kier alpha value is -1.15. The number of nitrogens with one attached hydrogen (secondary N) is 1. The molecule has 2 saturated heterocycles. The van der Waals surface area contributed by atoms with Gasteiger partial charge in [0.2, 0.25) is 11.8 Å². The number of hydrogen-bond acceptors (Lipinski definition) is 5. The van der Waals surface area contributed by atoms with Gasteiger partial charge in [-0.25, -0.2) is 8.42 Å². The highest BCUT2D eigenvalue weighted by molar-refractivity contribution is 7.91. The molecular formula is C12H20N2O5S. The van der Waals surface area contributed by atoms with Crippen molar-refractivity contribution in [2.45, 2.75) is 25.5 Å².